The van der Waals surface area contributed by atoms with E-state index in [4.69, 9.17) is 9.47 Å². The van der Waals surface area contributed by atoms with Crippen LogP contribution in [0.3, 0.4) is 0 Å². The van der Waals surface area contributed by atoms with E-state index in [0.29, 0.717) is 37.6 Å². The van der Waals surface area contributed by atoms with Gasteiger partial charge < -0.3 is 14.4 Å². The normalized spacial score (nSPS) is 16.4. The van der Waals surface area contributed by atoms with Crippen molar-refractivity contribution in [2.24, 2.45) is 5.92 Å². The Hall–Kier alpha value is -3.84. The molecule has 1 aliphatic rings. The smallest absolute Gasteiger partial charge is 0.321 e. The summed E-state index contributed by atoms with van der Waals surface area (Å²) in [5, 5.41) is 1.12. The van der Waals surface area contributed by atoms with Gasteiger partial charge in [0.05, 0.1) is 18.7 Å². The lowest BCUT2D eigenvalue weighted by Crippen LogP contribution is -2.36. The minimum Gasteiger partial charge on any atom is -0.424 e. The predicted molar refractivity (Wildman–Crippen MR) is 124 cm³/mol. The number of amides is 1. The number of hydrogen-bond donors (Lipinski definition) is 0. The maximum Gasteiger partial charge on any atom is 0.321 e. The molecule has 2 aromatic heterocycles. The van der Waals surface area contributed by atoms with Crippen molar-refractivity contribution in [1.29, 1.82) is 0 Å². The first-order chi connectivity index (χ1) is 16.3. The molecule has 3 heterocycles. The van der Waals surface area contributed by atoms with Crippen molar-refractivity contribution < 1.29 is 14.3 Å². The van der Waals surface area contributed by atoms with Gasteiger partial charge in [0.15, 0.2) is 0 Å². The summed E-state index contributed by atoms with van der Waals surface area (Å²) < 4.78 is 11.6. The Labute approximate surface area is 192 Å². The van der Waals surface area contributed by atoms with Crippen molar-refractivity contribution in [2.45, 2.75) is 6.42 Å². The molecule has 0 spiro atoms. The molecule has 1 unspecified atom stereocenters. The molecule has 33 heavy (non-hydrogen) atoms. The van der Waals surface area contributed by atoms with Gasteiger partial charge in [-0.15, -0.1) is 0 Å². The maximum atomic E-state index is 13.3. The highest BCUT2D eigenvalue weighted by Crippen LogP contribution is 2.23. The first kappa shape index (κ1) is 21.0. The molecule has 166 valence electrons. The number of benzene rings is 2. The van der Waals surface area contributed by atoms with Crippen molar-refractivity contribution in [3.8, 4) is 11.8 Å². The highest BCUT2D eigenvalue weighted by atomic mass is 16.5. The van der Waals surface area contributed by atoms with Crippen LogP contribution in [0.15, 0.2) is 79.3 Å². The molecule has 1 aliphatic heterocycles. The predicted octanol–water partition coefficient (Wildman–Crippen LogP) is 4.15. The second-order valence-corrected chi connectivity index (χ2v) is 8.05. The first-order valence-electron chi connectivity index (χ1n) is 11.0. The van der Waals surface area contributed by atoms with Gasteiger partial charge in [-0.25, -0.2) is 9.97 Å². The number of carbonyl (C=O) groups excluding carboxylic acids is 1. The summed E-state index contributed by atoms with van der Waals surface area (Å²) in [5.41, 5.74) is 2.75. The Morgan fingerprint density at radius 1 is 1.00 bits per heavy atom. The molecule has 1 amide bonds. The van der Waals surface area contributed by atoms with Crippen molar-refractivity contribution in [3.63, 3.8) is 0 Å². The highest BCUT2D eigenvalue weighted by Gasteiger charge is 2.24. The molecule has 4 aromatic rings. The number of aromatic nitrogens is 3. The van der Waals surface area contributed by atoms with Crippen LogP contribution in [-0.2, 0) is 11.2 Å². The summed E-state index contributed by atoms with van der Waals surface area (Å²) in [4.78, 5) is 27.9. The summed E-state index contributed by atoms with van der Waals surface area (Å²) in [6.45, 7) is 2.30. The quantitative estimate of drug-likeness (QED) is 0.464. The molecule has 5 rings (SSSR count). The molecule has 7 heteroatoms. The summed E-state index contributed by atoms with van der Waals surface area (Å²) in [6, 6.07) is 19.3. The zero-order valence-electron chi connectivity index (χ0n) is 18.1. The van der Waals surface area contributed by atoms with Crippen LogP contribution in [0.2, 0.25) is 0 Å². The summed E-state index contributed by atoms with van der Waals surface area (Å²) in [5.74, 6) is 0.665. The number of para-hydroxylation sites is 1. The summed E-state index contributed by atoms with van der Waals surface area (Å²) >= 11 is 0. The minimum absolute atomic E-state index is 0.0408. The summed E-state index contributed by atoms with van der Waals surface area (Å²) in [7, 11) is 0. The van der Waals surface area contributed by atoms with Gasteiger partial charge in [-0.2, -0.15) is 0 Å². The van der Waals surface area contributed by atoms with Crippen LogP contribution in [0.1, 0.15) is 15.9 Å². The Morgan fingerprint density at radius 2 is 1.82 bits per heavy atom. The molecule has 1 saturated heterocycles. The molecule has 0 N–H and O–H groups in total. The van der Waals surface area contributed by atoms with E-state index in [1.807, 2.05) is 17.2 Å². The fourth-order valence-corrected chi connectivity index (χ4v) is 4.15. The molecule has 0 saturated carbocycles. The van der Waals surface area contributed by atoms with Crippen LogP contribution in [0.4, 0.5) is 0 Å². The van der Waals surface area contributed by atoms with E-state index < -0.39 is 0 Å². The fourth-order valence-electron chi connectivity index (χ4n) is 4.15. The molecule has 0 radical (unpaired) electrons. The van der Waals surface area contributed by atoms with Crippen molar-refractivity contribution in [1.82, 2.24) is 19.9 Å². The number of carbonyl (C=O) groups is 1. The average Bonchev–Trinajstić information content (AvgIpc) is 3.10. The van der Waals surface area contributed by atoms with Crippen molar-refractivity contribution in [2.75, 3.05) is 26.3 Å². The second-order valence-electron chi connectivity index (χ2n) is 8.05. The monoisotopic (exact) mass is 440 g/mol. The topological polar surface area (TPSA) is 77.4 Å². The van der Waals surface area contributed by atoms with Gasteiger partial charge in [-0.3, -0.25) is 9.78 Å². The van der Waals surface area contributed by atoms with Crippen LogP contribution in [-0.4, -0.2) is 52.1 Å². The van der Waals surface area contributed by atoms with Crippen LogP contribution in [0.25, 0.3) is 10.9 Å². The fraction of sp³-hybridized carbons (Fsp3) is 0.231. The van der Waals surface area contributed by atoms with E-state index in [-0.39, 0.29) is 17.8 Å². The lowest BCUT2D eigenvalue weighted by atomic mass is 9.97. The van der Waals surface area contributed by atoms with E-state index in [2.05, 4.69) is 39.2 Å². The Morgan fingerprint density at radius 3 is 2.73 bits per heavy atom. The zero-order chi connectivity index (χ0) is 22.5. The number of fused-ring (bicyclic) bond motifs is 1. The van der Waals surface area contributed by atoms with Gasteiger partial charge in [-0.1, -0.05) is 30.3 Å². The van der Waals surface area contributed by atoms with E-state index in [1.54, 1.807) is 42.7 Å². The van der Waals surface area contributed by atoms with E-state index in [1.165, 1.54) is 5.56 Å². The van der Waals surface area contributed by atoms with Gasteiger partial charge >= 0.3 is 6.01 Å². The van der Waals surface area contributed by atoms with E-state index in [9.17, 15) is 4.79 Å². The van der Waals surface area contributed by atoms with Gasteiger partial charge in [0.2, 0.25) is 0 Å². The number of ether oxygens (including phenoxy) is 2. The third-order valence-electron chi connectivity index (χ3n) is 5.68. The highest BCUT2D eigenvalue weighted by molar-refractivity contribution is 5.94. The van der Waals surface area contributed by atoms with Crippen molar-refractivity contribution in [3.05, 3.63) is 90.4 Å². The lowest BCUT2D eigenvalue weighted by Gasteiger charge is -2.24. The molecule has 1 atom stereocenters. The number of nitrogens with zero attached hydrogens (tertiary/aromatic N) is 4. The van der Waals surface area contributed by atoms with Gasteiger partial charge in [0, 0.05) is 48.5 Å². The van der Waals surface area contributed by atoms with Gasteiger partial charge in [0.1, 0.15) is 5.75 Å². The largest absolute Gasteiger partial charge is 0.424 e. The number of rotatable bonds is 5. The SMILES string of the molecule is O=C(c1cccc(Oc2ncccn2)c1)N1CCOCC(Cc2cccc3cccnc23)C1. The van der Waals surface area contributed by atoms with Crippen molar-refractivity contribution >= 4 is 16.8 Å². The Balaban J connectivity index is 1.32. The standard InChI is InChI=1S/C26H24N4O3/c31-25(22-7-2-9-23(16-22)33-26-28-11-4-12-29-26)30-13-14-32-18-19(17-30)15-21-6-1-5-20-8-3-10-27-24(20)21/h1-12,16,19H,13-15,17-18H2. The molecule has 0 bridgehead atoms. The Bertz CT molecular complexity index is 1240. The van der Waals surface area contributed by atoms with E-state index >= 15 is 0 Å². The summed E-state index contributed by atoms with van der Waals surface area (Å²) in [6.07, 6.45) is 5.84. The Kier molecular flexibility index (Phi) is 6.21. The second kappa shape index (κ2) is 9.75. The third-order valence-corrected chi connectivity index (χ3v) is 5.68. The van der Waals surface area contributed by atoms with Crippen LogP contribution < -0.4 is 4.74 Å². The van der Waals surface area contributed by atoms with E-state index in [0.717, 1.165) is 17.3 Å². The average molecular weight is 441 g/mol. The molecule has 0 aliphatic carbocycles. The maximum absolute atomic E-state index is 13.3. The minimum atomic E-state index is -0.0408. The molecular weight excluding hydrogens is 416 g/mol. The molecule has 1 fully saturated rings. The van der Waals surface area contributed by atoms with Crippen LogP contribution in [0.5, 0.6) is 11.8 Å². The van der Waals surface area contributed by atoms with Crippen LogP contribution in [0, 0.1) is 5.92 Å². The van der Waals surface area contributed by atoms with Gasteiger partial charge in [0.25, 0.3) is 5.91 Å². The molecular formula is C26H24N4O3. The molecule has 2 aromatic carbocycles. The number of pyridine rings is 1. The molecule has 7 nitrogen and oxygen atoms in total. The third kappa shape index (κ3) is 4.99. The first-order valence-corrected chi connectivity index (χ1v) is 11.0. The lowest BCUT2D eigenvalue weighted by molar-refractivity contribution is 0.0737. The number of hydrogen-bond acceptors (Lipinski definition) is 6. The van der Waals surface area contributed by atoms with Gasteiger partial charge in [-0.05, 0) is 42.3 Å². The zero-order valence-corrected chi connectivity index (χ0v) is 18.1. The van der Waals surface area contributed by atoms with Crippen LogP contribution >= 0.6 is 0 Å².